The Bertz CT molecular complexity index is 1300. The first-order valence-corrected chi connectivity index (χ1v) is 12.4. The SMILES string of the molecule is CC1CC(OC(=O)Nc2ccc3ccccc3c2)C(=O)N(C2(C#N)CCN(Cc3ccccc3)C2)C1. The Morgan fingerprint density at radius 3 is 2.64 bits per heavy atom. The van der Waals surface area contributed by atoms with Crippen molar-refractivity contribution >= 4 is 28.5 Å². The lowest BCUT2D eigenvalue weighted by molar-refractivity contribution is -0.151. The van der Waals surface area contributed by atoms with Gasteiger partial charge in [0.2, 0.25) is 0 Å². The summed E-state index contributed by atoms with van der Waals surface area (Å²) in [5.74, 6) is -0.181. The van der Waals surface area contributed by atoms with Gasteiger partial charge < -0.3 is 9.64 Å². The Morgan fingerprint density at radius 2 is 1.86 bits per heavy atom. The fourth-order valence-electron chi connectivity index (χ4n) is 5.36. The number of nitriles is 1. The van der Waals surface area contributed by atoms with Crippen LogP contribution in [0.5, 0.6) is 0 Å². The van der Waals surface area contributed by atoms with Crippen LogP contribution in [0.4, 0.5) is 10.5 Å². The lowest BCUT2D eigenvalue weighted by Crippen LogP contribution is -2.60. The van der Waals surface area contributed by atoms with Gasteiger partial charge in [-0.15, -0.1) is 0 Å². The number of ether oxygens (including phenoxy) is 1. The summed E-state index contributed by atoms with van der Waals surface area (Å²) in [4.78, 5) is 30.1. The van der Waals surface area contributed by atoms with Crippen molar-refractivity contribution in [3.8, 4) is 6.07 Å². The van der Waals surface area contributed by atoms with E-state index in [-0.39, 0.29) is 11.8 Å². The van der Waals surface area contributed by atoms with Gasteiger partial charge in [0.1, 0.15) is 5.54 Å². The zero-order chi connectivity index (χ0) is 25.1. The molecule has 2 aliphatic rings. The topological polar surface area (TPSA) is 85.7 Å². The predicted octanol–water partition coefficient (Wildman–Crippen LogP) is 4.79. The molecule has 0 bridgehead atoms. The molecular formula is C29H30N4O3. The van der Waals surface area contributed by atoms with Gasteiger partial charge in [-0.1, -0.05) is 67.6 Å². The molecule has 2 fully saturated rings. The molecule has 0 saturated carbocycles. The van der Waals surface area contributed by atoms with E-state index in [9.17, 15) is 14.9 Å². The van der Waals surface area contributed by atoms with Gasteiger partial charge in [-0.25, -0.2) is 4.79 Å². The molecule has 2 heterocycles. The Balaban J connectivity index is 1.26. The number of carbonyl (C=O) groups is 2. The highest BCUT2D eigenvalue weighted by molar-refractivity contribution is 5.93. The third-order valence-electron chi connectivity index (χ3n) is 7.20. The molecule has 3 unspecified atom stereocenters. The van der Waals surface area contributed by atoms with Crippen LogP contribution in [0, 0.1) is 17.2 Å². The van der Waals surface area contributed by atoms with Gasteiger partial charge >= 0.3 is 6.09 Å². The first kappa shape index (κ1) is 23.8. The minimum absolute atomic E-state index is 0.106. The number of hydrogen-bond acceptors (Lipinski definition) is 5. The lowest BCUT2D eigenvalue weighted by Gasteiger charge is -2.43. The molecule has 0 radical (unpaired) electrons. The first-order valence-electron chi connectivity index (χ1n) is 12.4. The van der Waals surface area contributed by atoms with Gasteiger partial charge in [-0.2, -0.15) is 5.26 Å². The number of rotatable bonds is 5. The van der Waals surface area contributed by atoms with E-state index in [0.717, 1.165) is 23.9 Å². The summed E-state index contributed by atoms with van der Waals surface area (Å²) in [6, 6.07) is 26.1. The summed E-state index contributed by atoms with van der Waals surface area (Å²) in [6.07, 6.45) is -0.566. The monoisotopic (exact) mass is 482 g/mol. The summed E-state index contributed by atoms with van der Waals surface area (Å²) >= 11 is 0. The summed E-state index contributed by atoms with van der Waals surface area (Å²) in [5.41, 5.74) is 0.862. The molecule has 3 atom stereocenters. The van der Waals surface area contributed by atoms with E-state index >= 15 is 0 Å². The molecule has 5 rings (SSSR count). The van der Waals surface area contributed by atoms with Crippen LogP contribution in [-0.2, 0) is 16.1 Å². The van der Waals surface area contributed by atoms with Crippen molar-refractivity contribution in [3.63, 3.8) is 0 Å². The number of nitrogens with zero attached hydrogens (tertiary/aromatic N) is 3. The highest BCUT2D eigenvalue weighted by Gasteiger charge is 2.50. The number of carbonyl (C=O) groups excluding carboxylic acids is 2. The summed E-state index contributed by atoms with van der Waals surface area (Å²) < 4.78 is 5.63. The molecule has 0 aromatic heterocycles. The molecule has 7 nitrogen and oxygen atoms in total. The van der Waals surface area contributed by atoms with Gasteiger partial charge in [-0.05, 0) is 47.2 Å². The Morgan fingerprint density at radius 1 is 1.11 bits per heavy atom. The second-order valence-corrected chi connectivity index (χ2v) is 9.96. The standard InChI is InChI=1S/C29H30N4O3/c1-21-15-26(36-28(35)31-25-12-11-23-9-5-6-10-24(23)16-25)27(34)33(17-21)29(19-30)13-14-32(20-29)18-22-7-3-2-4-8-22/h2-12,16,21,26H,13-15,17-18,20H2,1H3,(H,31,35). The molecular weight excluding hydrogens is 452 g/mol. The van der Waals surface area contributed by atoms with Crippen molar-refractivity contribution in [2.45, 2.75) is 38.0 Å². The van der Waals surface area contributed by atoms with E-state index in [4.69, 9.17) is 4.74 Å². The fraction of sp³-hybridized carbons (Fsp3) is 0.345. The second kappa shape index (κ2) is 10.00. The van der Waals surface area contributed by atoms with Crippen molar-refractivity contribution in [1.29, 1.82) is 5.26 Å². The molecule has 36 heavy (non-hydrogen) atoms. The summed E-state index contributed by atoms with van der Waals surface area (Å²) in [5, 5.41) is 15.0. The third kappa shape index (κ3) is 4.91. The van der Waals surface area contributed by atoms with E-state index in [0.29, 0.717) is 31.6 Å². The number of anilines is 1. The molecule has 184 valence electrons. The Hall–Kier alpha value is -3.89. The molecule has 2 aliphatic heterocycles. The largest absolute Gasteiger partial charge is 0.436 e. The van der Waals surface area contributed by atoms with E-state index in [2.05, 4.69) is 28.4 Å². The van der Waals surface area contributed by atoms with Crippen LogP contribution < -0.4 is 5.32 Å². The lowest BCUT2D eigenvalue weighted by atomic mass is 9.89. The minimum atomic E-state index is -0.920. The van der Waals surface area contributed by atoms with Crippen LogP contribution in [-0.4, -0.2) is 53.1 Å². The number of benzene rings is 3. The molecule has 0 spiro atoms. The van der Waals surface area contributed by atoms with Gasteiger partial charge in [0, 0.05) is 31.9 Å². The molecule has 3 aromatic carbocycles. The van der Waals surface area contributed by atoms with Crippen LogP contribution >= 0.6 is 0 Å². The normalized spacial score (nSPS) is 24.4. The van der Waals surface area contributed by atoms with E-state index < -0.39 is 17.7 Å². The fourth-order valence-corrected chi connectivity index (χ4v) is 5.36. The smallest absolute Gasteiger partial charge is 0.412 e. The van der Waals surface area contributed by atoms with Crippen molar-refractivity contribution < 1.29 is 14.3 Å². The predicted molar refractivity (Wildman–Crippen MR) is 138 cm³/mol. The Kier molecular flexibility index (Phi) is 6.62. The van der Waals surface area contributed by atoms with Gasteiger partial charge in [0.15, 0.2) is 6.10 Å². The van der Waals surface area contributed by atoms with Crippen molar-refractivity contribution in [3.05, 3.63) is 78.4 Å². The highest BCUT2D eigenvalue weighted by Crippen LogP contribution is 2.34. The van der Waals surface area contributed by atoms with E-state index in [1.54, 1.807) is 4.90 Å². The number of fused-ring (bicyclic) bond motifs is 1. The highest BCUT2D eigenvalue weighted by atomic mass is 16.6. The quantitative estimate of drug-likeness (QED) is 0.565. The maximum atomic E-state index is 13.5. The molecule has 2 amide bonds. The molecule has 3 aromatic rings. The maximum absolute atomic E-state index is 13.5. The van der Waals surface area contributed by atoms with Crippen molar-refractivity contribution in [2.24, 2.45) is 5.92 Å². The molecule has 7 heteroatoms. The second-order valence-electron chi connectivity index (χ2n) is 9.96. The Labute approximate surface area is 211 Å². The zero-order valence-corrected chi connectivity index (χ0v) is 20.4. The number of piperidine rings is 1. The maximum Gasteiger partial charge on any atom is 0.412 e. The number of likely N-dealkylation sites (tertiary alicyclic amines) is 2. The van der Waals surface area contributed by atoms with Crippen LogP contribution in [0.2, 0.25) is 0 Å². The number of hydrogen-bond donors (Lipinski definition) is 1. The number of nitrogens with one attached hydrogen (secondary N) is 1. The van der Waals surface area contributed by atoms with Crippen molar-refractivity contribution in [2.75, 3.05) is 25.0 Å². The molecule has 0 aliphatic carbocycles. The molecule has 2 saturated heterocycles. The van der Waals surface area contributed by atoms with Gasteiger partial charge in [-0.3, -0.25) is 15.0 Å². The van der Waals surface area contributed by atoms with Gasteiger partial charge in [0.25, 0.3) is 5.91 Å². The average Bonchev–Trinajstić information content (AvgIpc) is 3.30. The van der Waals surface area contributed by atoms with Crippen molar-refractivity contribution in [1.82, 2.24) is 9.80 Å². The third-order valence-corrected chi connectivity index (χ3v) is 7.20. The number of amides is 2. The zero-order valence-electron chi connectivity index (χ0n) is 20.4. The minimum Gasteiger partial charge on any atom is -0.436 e. The van der Waals surface area contributed by atoms with Crippen LogP contribution in [0.1, 0.15) is 25.3 Å². The van der Waals surface area contributed by atoms with Crippen LogP contribution in [0.3, 0.4) is 0 Å². The average molecular weight is 483 g/mol. The molecule has 1 N–H and O–H groups in total. The van der Waals surface area contributed by atoms with Crippen LogP contribution in [0.25, 0.3) is 10.8 Å². The van der Waals surface area contributed by atoms with Gasteiger partial charge in [0.05, 0.1) is 6.07 Å². The van der Waals surface area contributed by atoms with Crippen LogP contribution in [0.15, 0.2) is 72.8 Å². The summed E-state index contributed by atoms with van der Waals surface area (Å²) in [7, 11) is 0. The van der Waals surface area contributed by atoms with E-state index in [1.165, 1.54) is 5.56 Å². The first-order chi connectivity index (χ1) is 17.5. The summed E-state index contributed by atoms with van der Waals surface area (Å²) in [6.45, 7) is 4.45. The van der Waals surface area contributed by atoms with E-state index in [1.807, 2.05) is 67.6 Å².